The largest absolute Gasteiger partial charge is 0.507 e. The first kappa shape index (κ1) is 12.0. The Morgan fingerprint density at radius 2 is 1.53 bits per heavy atom. The number of hydrogen-bond acceptors (Lipinski definition) is 2. The summed E-state index contributed by atoms with van der Waals surface area (Å²) < 4.78 is 0. The van der Waals surface area contributed by atoms with Crippen LogP contribution in [0.25, 0.3) is 21.5 Å². The quantitative estimate of drug-likeness (QED) is 0.644. The van der Waals surface area contributed by atoms with Crippen molar-refractivity contribution in [1.29, 1.82) is 0 Å². The van der Waals surface area contributed by atoms with Gasteiger partial charge < -0.3 is 10.2 Å². The van der Waals surface area contributed by atoms with Crippen LogP contribution in [0.5, 0.6) is 5.75 Å². The minimum atomic E-state index is -0.936. The SMILES string of the molecule is CC(C)(O)c1cccc2c(O)c3ccccc3cc12. The Labute approximate surface area is 111 Å². The van der Waals surface area contributed by atoms with Gasteiger partial charge in [0.05, 0.1) is 5.60 Å². The molecule has 19 heavy (non-hydrogen) atoms. The molecule has 0 aliphatic carbocycles. The summed E-state index contributed by atoms with van der Waals surface area (Å²) in [6.07, 6.45) is 0. The molecule has 3 aromatic carbocycles. The topological polar surface area (TPSA) is 40.5 Å². The fourth-order valence-electron chi connectivity index (χ4n) is 2.60. The molecule has 2 nitrogen and oxygen atoms in total. The number of hydrogen-bond donors (Lipinski definition) is 2. The molecular weight excluding hydrogens is 236 g/mol. The molecule has 0 atom stereocenters. The van der Waals surface area contributed by atoms with Crippen LogP contribution >= 0.6 is 0 Å². The Morgan fingerprint density at radius 3 is 2.26 bits per heavy atom. The predicted octanol–water partition coefficient (Wildman–Crippen LogP) is 3.93. The van der Waals surface area contributed by atoms with Crippen molar-refractivity contribution in [3.8, 4) is 5.75 Å². The Balaban J connectivity index is 2.51. The second-order valence-corrected chi connectivity index (χ2v) is 5.41. The average Bonchev–Trinajstić information content (AvgIpc) is 2.37. The highest BCUT2D eigenvalue weighted by Gasteiger charge is 2.20. The number of aliphatic hydroxyl groups is 1. The molecule has 2 N–H and O–H groups in total. The highest BCUT2D eigenvalue weighted by molar-refractivity contribution is 6.06. The number of rotatable bonds is 1. The van der Waals surface area contributed by atoms with Gasteiger partial charge in [-0.1, -0.05) is 42.5 Å². The Kier molecular flexibility index (Phi) is 2.51. The van der Waals surface area contributed by atoms with Crippen molar-refractivity contribution in [2.75, 3.05) is 0 Å². The molecule has 96 valence electrons. The van der Waals surface area contributed by atoms with Crippen LogP contribution in [0.15, 0.2) is 48.5 Å². The van der Waals surface area contributed by atoms with E-state index in [0.717, 1.165) is 27.1 Å². The standard InChI is InChI=1S/C17H16O2/c1-17(2,19)15-9-5-8-13-14(15)10-11-6-3-4-7-12(11)16(13)18/h3-10,18-19H,1-2H3. The highest BCUT2D eigenvalue weighted by atomic mass is 16.3. The van der Waals surface area contributed by atoms with Crippen LogP contribution in [0.3, 0.4) is 0 Å². The first-order valence-corrected chi connectivity index (χ1v) is 6.35. The molecule has 3 rings (SSSR count). The van der Waals surface area contributed by atoms with Crippen molar-refractivity contribution in [2.24, 2.45) is 0 Å². The molecule has 0 unspecified atom stereocenters. The van der Waals surface area contributed by atoms with E-state index in [4.69, 9.17) is 0 Å². The van der Waals surface area contributed by atoms with E-state index in [1.54, 1.807) is 13.8 Å². The number of aromatic hydroxyl groups is 1. The molecule has 0 aromatic heterocycles. The van der Waals surface area contributed by atoms with Gasteiger partial charge in [0.25, 0.3) is 0 Å². The Bertz CT molecular complexity index is 767. The summed E-state index contributed by atoms with van der Waals surface area (Å²) >= 11 is 0. The Hall–Kier alpha value is -2.06. The monoisotopic (exact) mass is 252 g/mol. The summed E-state index contributed by atoms with van der Waals surface area (Å²) in [6.45, 7) is 3.52. The predicted molar refractivity (Wildman–Crippen MR) is 78.4 cm³/mol. The van der Waals surface area contributed by atoms with E-state index in [1.165, 1.54) is 0 Å². The van der Waals surface area contributed by atoms with E-state index in [0.29, 0.717) is 0 Å². The minimum absolute atomic E-state index is 0.277. The van der Waals surface area contributed by atoms with E-state index < -0.39 is 5.60 Å². The second kappa shape index (κ2) is 3.97. The molecule has 0 radical (unpaired) electrons. The summed E-state index contributed by atoms with van der Waals surface area (Å²) in [5.41, 5.74) is -0.111. The van der Waals surface area contributed by atoms with Gasteiger partial charge in [-0.05, 0) is 36.2 Å². The van der Waals surface area contributed by atoms with Crippen molar-refractivity contribution in [1.82, 2.24) is 0 Å². The number of phenolic OH excluding ortho intramolecular Hbond substituents is 1. The van der Waals surface area contributed by atoms with Gasteiger partial charge in [-0.3, -0.25) is 0 Å². The molecule has 3 aromatic rings. The van der Waals surface area contributed by atoms with Gasteiger partial charge in [0.15, 0.2) is 0 Å². The number of benzene rings is 3. The van der Waals surface area contributed by atoms with Crippen LogP contribution in [0, 0.1) is 0 Å². The van der Waals surface area contributed by atoms with E-state index in [1.807, 2.05) is 48.5 Å². The highest BCUT2D eigenvalue weighted by Crippen LogP contribution is 2.37. The summed E-state index contributed by atoms with van der Waals surface area (Å²) in [6, 6.07) is 15.4. The lowest BCUT2D eigenvalue weighted by Crippen LogP contribution is -2.15. The molecule has 0 heterocycles. The summed E-state index contributed by atoms with van der Waals surface area (Å²) in [4.78, 5) is 0. The van der Waals surface area contributed by atoms with E-state index in [2.05, 4.69) is 0 Å². The Morgan fingerprint density at radius 1 is 0.842 bits per heavy atom. The van der Waals surface area contributed by atoms with Crippen LogP contribution < -0.4 is 0 Å². The molecule has 0 aliphatic heterocycles. The van der Waals surface area contributed by atoms with Crippen molar-refractivity contribution in [3.63, 3.8) is 0 Å². The van der Waals surface area contributed by atoms with Crippen molar-refractivity contribution < 1.29 is 10.2 Å². The van der Waals surface area contributed by atoms with Gasteiger partial charge >= 0.3 is 0 Å². The average molecular weight is 252 g/mol. The number of phenols is 1. The molecule has 0 spiro atoms. The summed E-state index contributed by atoms with van der Waals surface area (Å²) in [5, 5.41) is 24.2. The molecule has 0 amide bonds. The van der Waals surface area contributed by atoms with Crippen LogP contribution in [0.4, 0.5) is 0 Å². The third-order valence-electron chi connectivity index (χ3n) is 3.54. The fraction of sp³-hybridized carbons (Fsp3) is 0.176. The maximum Gasteiger partial charge on any atom is 0.131 e. The molecule has 0 saturated carbocycles. The van der Waals surface area contributed by atoms with Crippen LogP contribution in [0.2, 0.25) is 0 Å². The van der Waals surface area contributed by atoms with E-state index in [9.17, 15) is 10.2 Å². The van der Waals surface area contributed by atoms with Gasteiger partial charge in [-0.25, -0.2) is 0 Å². The normalized spacial score (nSPS) is 12.2. The summed E-state index contributed by atoms with van der Waals surface area (Å²) in [7, 11) is 0. The van der Waals surface area contributed by atoms with Crippen LogP contribution in [-0.4, -0.2) is 10.2 Å². The maximum absolute atomic E-state index is 10.4. The lowest BCUT2D eigenvalue weighted by atomic mass is 9.90. The summed E-state index contributed by atoms with van der Waals surface area (Å²) in [5.74, 6) is 0.277. The third-order valence-corrected chi connectivity index (χ3v) is 3.54. The van der Waals surface area contributed by atoms with Gasteiger partial charge in [-0.2, -0.15) is 0 Å². The third kappa shape index (κ3) is 1.85. The van der Waals surface area contributed by atoms with E-state index >= 15 is 0 Å². The maximum atomic E-state index is 10.4. The molecule has 2 heteroatoms. The van der Waals surface area contributed by atoms with Crippen LogP contribution in [0.1, 0.15) is 19.4 Å². The van der Waals surface area contributed by atoms with Crippen molar-refractivity contribution in [3.05, 3.63) is 54.1 Å². The zero-order valence-corrected chi connectivity index (χ0v) is 11.0. The van der Waals surface area contributed by atoms with Crippen molar-refractivity contribution >= 4 is 21.5 Å². The smallest absolute Gasteiger partial charge is 0.131 e. The molecular formula is C17H16O2. The molecule has 0 aliphatic rings. The second-order valence-electron chi connectivity index (χ2n) is 5.41. The van der Waals surface area contributed by atoms with Crippen LogP contribution in [-0.2, 0) is 5.60 Å². The van der Waals surface area contributed by atoms with Gasteiger partial charge in [0.1, 0.15) is 5.75 Å². The van der Waals surface area contributed by atoms with Gasteiger partial charge in [0.2, 0.25) is 0 Å². The van der Waals surface area contributed by atoms with E-state index in [-0.39, 0.29) is 5.75 Å². The van der Waals surface area contributed by atoms with Crippen molar-refractivity contribution in [2.45, 2.75) is 19.4 Å². The van der Waals surface area contributed by atoms with Gasteiger partial charge in [-0.15, -0.1) is 0 Å². The first-order chi connectivity index (χ1) is 8.98. The van der Waals surface area contributed by atoms with Gasteiger partial charge in [0, 0.05) is 10.8 Å². The molecule has 0 saturated heterocycles. The lowest BCUT2D eigenvalue weighted by Gasteiger charge is -2.21. The zero-order chi connectivity index (χ0) is 13.6. The first-order valence-electron chi connectivity index (χ1n) is 6.35. The number of fused-ring (bicyclic) bond motifs is 2. The fourth-order valence-corrected chi connectivity index (χ4v) is 2.60. The lowest BCUT2D eigenvalue weighted by molar-refractivity contribution is 0.0802. The zero-order valence-electron chi connectivity index (χ0n) is 11.0. The molecule has 0 bridgehead atoms. The molecule has 0 fully saturated rings. The minimum Gasteiger partial charge on any atom is -0.507 e.